The molecule has 1 aromatic rings. The van der Waals surface area contributed by atoms with Gasteiger partial charge in [-0.25, -0.2) is 4.39 Å². The molecule has 2 unspecified atom stereocenters. The van der Waals surface area contributed by atoms with Gasteiger partial charge in [0.1, 0.15) is 5.82 Å². The lowest BCUT2D eigenvalue weighted by atomic mass is 10.2. The second-order valence-corrected chi connectivity index (χ2v) is 3.21. The molecule has 76 valence electrons. The number of hydrogen-bond acceptors (Lipinski definition) is 3. The smallest absolute Gasteiger partial charge is 0.184 e. The fourth-order valence-corrected chi connectivity index (χ4v) is 1.40. The summed E-state index contributed by atoms with van der Waals surface area (Å²) in [6.45, 7) is 0.892. The summed E-state index contributed by atoms with van der Waals surface area (Å²) in [7, 11) is 0. The van der Waals surface area contributed by atoms with E-state index in [0.717, 1.165) is 0 Å². The number of rotatable bonds is 2. The van der Waals surface area contributed by atoms with Crippen molar-refractivity contribution >= 4 is 0 Å². The van der Waals surface area contributed by atoms with Gasteiger partial charge >= 0.3 is 0 Å². The fraction of sp³-hybridized carbons (Fsp3) is 0.400. The average molecular weight is 197 g/mol. The Morgan fingerprint density at radius 2 is 2.36 bits per heavy atom. The zero-order chi connectivity index (χ0) is 9.97. The van der Waals surface area contributed by atoms with Crippen LogP contribution in [0.2, 0.25) is 0 Å². The molecule has 0 amide bonds. The molecule has 1 aliphatic rings. The highest BCUT2D eigenvalue weighted by molar-refractivity contribution is 5.18. The molecule has 2 atom stereocenters. The Labute approximate surface area is 81.6 Å². The Balaban J connectivity index is 2.09. The highest BCUT2D eigenvalue weighted by Crippen LogP contribution is 2.26. The number of hydrogen-bond donors (Lipinski definition) is 1. The van der Waals surface area contributed by atoms with Crippen LogP contribution in [0.1, 0.15) is 11.9 Å². The van der Waals surface area contributed by atoms with Crippen molar-refractivity contribution in [2.24, 2.45) is 5.73 Å². The Bertz CT molecular complexity index is 319. The molecule has 1 fully saturated rings. The number of nitrogens with two attached hydrogens (primary N) is 1. The molecule has 3 nitrogen and oxygen atoms in total. The number of benzene rings is 1. The summed E-state index contributed by atoms with van der Waals surface area (Å²) in [5.74, 6) is -0.286. The van der Waals surface area contributed by atoms with Gasteiger partial charge in [0.05, 0.1) is 12.7 Å². The van der Waals surface area contributed by atoms with Crippen LogP contribution in [0, 0.1) is 5.82 Å². The molecular weight excluding hydrogens is 185 g/mol. The lowest BCUT2D eigenvalue weighted by Gasteiger charge is -2.10. The average Bonchev–Trinajstić information content (AvgIpc) is 2.66. The Morgan fingerprint density at radius 3 is 3.00 bits per heavy atom. The monoisotopic (exact) mass is 197 g/mol. The van der Waals surface area contributed by atoms with E-state index in [1.54, 1.807) is 12.1 Å². The third-order valence-corrected chi connectivity index (χ3v) is 2.13. The number of halogens is 1. The first-order chi connectivity index (χ1) is 6.79. The lowest BCUT2D eigenvalue weighted by Crippen LogP contribution is -2.21. The van der Waals surface area contributed by atoms with E-state index in [1.807, 2.05) is 0 Å². The van der Waals surface area contributed by atoms with E-state index < -0.39 is 6.29 Å². The molecule has 4 heteroatoms. The van der Waals surface area contributed by atoms with Crippen molar-refractivity contribution in [3.63, 3.8) is 0 Å². The molecule has 1 aromatic carbocycles. The first-order valence-corrected chi connectivity index (χ1v) is 4.52. The van der Waals surface area contributed by atoms with E-state index in [-0.39, 0.29) is 11.9 Å². The predicted molar refractivity (Wildman–Crippen MR) is 49.0 cm³/mol. The third-order valence-electron chi connectivity index (χ3n) is 2.13. The summed E-state index contributed by atoms with van der Waals surface area (Å²) < 4.78 is 23.6. The third kappa shape index (κ3) is 1.92. The minimum Gasteiger partial charge on any atom is -0.346 e. The van der Waals surface area contributed by atoms with Crippen LogP contribution in [0.15, 0.2) is 24.3 Å². The summed E-state index contributed by atoms with van der Waals surface area (Å²) in [4.78, 5) is 0. The van der Waals surface area contributed by atoms with Gasteiger partial charge in [-0.2, -0.15) is 0 Å². The zero-order valence-corrected chi connectivity index (χ0v) is 7.65. The SMILES string of the molecule is NCC1COC(c2cccc(F)c2)O1. The molecule has 2 N–H and O–H groups in total. The summed E-state index contributed by atoms with van der Waals surface area (Å²) in [5, 5.41) is 0. The van der Waals surface area contributed by atoms with E-state index >= 15 is 0 Å². The van der Waals surface area contributed by atoms with Gasteiger partial charge in [-0.1, -0.05) is 12.1 Å². The molecule has 0 radical (unpaired) electrons. The van der Waals surface area contributed by atoms with Crippen molar-refractivity contribution in [1.29, 1.82) is 0 Å². The predicted octanol–water partition coefficient (Wildman–Crippen LogP) is 1.20. The summed E-state index contributed by atoms with van der Waals surface area (Å²) in [6.07, 6.45) is -0.553. The molecule has 2 rings (SSSR count). The van der Waals surface area contributed by atoms with Crippen molar-refractivity contribution in [3.8, 4) is 0 Å². The molecule has 1 heterocycles. The van der Waals surface area contributed by atoms with Crippen LogP contribution in [-0.4, -0.2) is 19.3 Å². The van der Waals surface area contributed by atoms with Gasteiger partial charge in [0, 0.05) is 12.1 Å². The second kappa shape index (κ2) is 4.04. The van der Waals surface area contributed by atoms with Crippen LogP contribution in [-0.2, 0) is 9.47 Å². The molecule has 0 aromatic heterocycles. The largest absolute Gasteiger partial charge is 0.346 e. The molecule has 0 aliphatic carbocycles. The van der Waals surface area contributed by atoms with E-state index in [4.69, 9.17) is 15.2 Å². The standard InChI is InChI=1S/C10H12FNO2/c11-8-3-1-2-7(4-8)10-13-6-9(5-12)14-10/h1-4,9-10H,5-6,12H2. The van der Waals surface area contributed by atoms with Crippen LogP contribution in [0.4, 0.5) is 4.39 Å². The normalized spacial score (nSPS) is 26.7. The fourth-order valence-electron chi connectivity index (χ4n) is 1.40. The first kappa shape index (κ1) is 9.58. The van der Waals surface area contributed by atoms with Gasteiger partial charge in [0.15, 0.2) is 6.29 Å². The molecule has 1 aliphatic heterocycles. The minimum absolute atomic E-state index is 0.0803. The van der Waals surface area contributed by atoms with Gasteiger partial charge in [0.25, 0.3) is 0 Å². The van der Waals surface area contributed by atoms with Gasteiger partial charge in [-0.3, -0.25) is 0 Å². The summed E-state index contributed by atoms with van der Waals surface area (Å²) in [6, 6.07) is 6.20. The molecule has 1 saturated heterocycles. The maximum atomic E-state index is 12.9. The zero-order valence-electron chi connectivity index (χ0n) is 7.65. The van der Waals surface area contributed by atoms with E-state index in [1.165, 1.54) is 12.1 Å². The van der Waals surface area contributed by atoms with Crippen molar-refractivity contribution in [1.82, 2.24) is 0 Å². The molecular formula is C10H12FNO2. The quantitative estimate of drug-likeness (QED) is 0.774. The minimum atomic E-state index is -0.473. The van der Waals surface area contributed by atoms with Crippen molar-refractivity contribution in [3.05, 3.63) is 35.6 Å². The first-order valence-electron chi connectivity index (χ1n) is 4.52. The van der Waals surface area contributed by atoms with Crippen LogP contribution in [0.3, 0.4) is 0 Å². The van der Waals surface area contributed by atoms with Crippen molar-refractivity contribution in [2.45, 2.75) is 12.4 Å². The second-order valence-electron chi connectivity index (χ2n) is 3.21. The molecule has 14 heavy (non-hydrogen) atoms. The maximum absolute atomic E-state index is 12.9. The maximum Gasteiger partial charge on any atom is 0.184 e. The molecule has 0 saturated carbocycles. The molecule has 0 spiro atoms. The van der Waals surface area contributed by atoms with Gasteiger partial charge in [-0.05, 0) is 12.1 Å². The van der Waals surface area contributed by atoms with Crippen LogP contribution in [0.5, 0.6) is 0 Å². The molecule has 0 bridgehead atoms. The van der Waals surface area contributed by atoms with Crippen LogP contribution in [0.25, 0.3) is 0 Å². The highest BCUT2D eigenvalue weighted by Gasteiger charge is 2.26. The number of ether oxygens (including phenoxy) is 2. The highest BCUT2D eigenvalue weighted by atomic mass is 19.1. The van der Waals surface area contributed by atoms with Crippen LogP contribution >= 0.6 is 0 Å². The van der Waals surface area contributed by atoms with Crippen LogP contribution < -0.4 is 5.73 Å². The van der Waals surface area contributed by atoms with Gasteiger partial charge in [-0.15, -0.1) is 0 Å². The van der Waals surface area contributed by atoms with E-state index in [2.05, 4.69) is 0 Å². The van der Waals surface area contributed by atoms with Crippen molar-refractivity contribution < 1.29 is 13.9 Å². The summed E-state index contributed by atoms with van der Waals surface area (Å²) >= 11 is 0. The van der Waals surface area contributed by atoms with E-state index in [9.17, 15) is 4.39 Å². The van der Waals surface area contributed by atoms with Gasteiger partial charge in [0.2, 0.25) is 0 Å². The summed E-state index contributed by atoms with van der Waals surface area (Å²) in [5.41, 5.74) is 6.12. The Morgan fingerprint density at radius 1 is 1.50 bits per heavy atom. The topological polar surface area (TPSA) is 44.5 Å². The van der Waals surface area contributed by atoms with Crippen molar-refractivity contribution in [2.75, 3.05) is 13.2 Å². The van der Waals surface area contributed by atoms with E-state index in [0.29, 0.717) is 18.7 Å². The Hall–Kier alpha value is -0.970. The van der Waals surface area contributed by atoms with Gasteiger partial charge < -0.3 is 15.2 Å². The lowest BCUT2D eigenvalue weighted by molar-refractivity contribution is -0.0587. The Kier molecular flexibility index (Phi) is 2.77.